The molecule has 1 saturated heterocycles. The molecule has 20 heavy (non-hydrogen) atoms. The first-order chi connectivity index (χ1) is 9.81. The number of rotatable bonds is 3. The van der Waals surface area contributed by atoms with Gasteiger partial charge in [-0.2, -0.15) is 0 Å². The molecule has 3 rings (SSSR count). The zero-order valence-corrected chi connectivity index (χ0v) is 11.4. The van der Waals surface area contributed by atoms with E-state index in [0.717, 1.165) is 42.5 Å². The lowest BCUT2D eigenvalue weighted by Crippen LogP contribution is -2.46. The van der Waals surface area contributed by atoms with Crippen molar-refractivity contribution in [2.24, 2.45) is 0 Å². The molecule has 1 aliphatic rings. The summed E-state index contributed by atoms with van der Waals surface area (Å²) in [7, 11) is 0. The molecule has 0 spiro atoms. The van der Waals surface area contributed by atoms with Crippen LogP contribution < -0.4 is 5.32 Å². The van der Waals surface area contributed by atoms with Crippen molar-refractivity contribution in [1.82, 2.24) is 10.2 Å². The molecule has 0 aromatic heterocycles. The Morgan fingerprint density at radius 2 is 1.75 bits per heavy atom. The minimum atomic E-state index is -0.0115. The van der Waals surface area contributed by atoms with Crippen molar-refractivity contribution < 1.29 is 10.2 Å². The number of nitrogens with zero attached hydrogens (tertiary/aromatic N) is 1. The summed E-state index contributed by atoms with van der Waals surface area (Å²) in [6, 6.07) is 11.5. The topological polar surface area (TPSA) is 55.7 Å². The van der Waals surface area contributed by atoms with Crippen molar-refractivity contribution >= 4 is 10.8 Å². The van der Waals surface area contributed by atoms with Gasteiger partial charge in [-0.15, -0.1) is 0 Å². The number of aliphatic hydroxyl groups excluding tert-OH is 1. The highest BCUT2D eigenvalue weighted by Gasteiger charge is 2.23. The molecule has 106 valence electrons. The lowest BCUT2D eigenvalue weighted by atomic mass is 9.97. The molecule has 4 heteroatoms. The maximum absolute atomic E-state index is 9.97. The Kier molecular flexibility index (Phi) is 3.87. The monoisotopic (exact) mass is 272 g/mol. The van der Waals surface area contributed by atoms with Gasteiger partial charge in [-0.25, -0.2) is 0 Å². The van der Waals surface area contributed by atoms with Crippen LogP contribution in [0.1, 0.15) is 11.6 Å². The normalized spacial score (nSPS) is 18.2. The Morgan fingerprint density at radius 1 is 1.05 bits per heavy atom. The van der Waals surface area contributed by atoms with Gasteiger partial charge in [0.2, 0.25) is 0 Å². The molecule has 0 amide bonds. The Balaban J connectivity index is 2.05. The van der Waals surface area contributed by atoms with E-state index in [0.29, 0.717) is 5.75 Å². The van der Waals surface area contributed by atoms with Crippen LogP contribution in [0.15, 0.2) is 36.4 Å². The van der Waals surface area contributed by atoms with Crippen molar-refractivity contribution in [2.75, 3.05) is 32.8 Å². The second kappa shape index (κ2) is 5.79. The summed E-state index contributed by atoms with van der Waals surface area (Å²) in [6.45, 7) is 3.86. The van der Waals surface area contributed by atoms with Gasteiger partial charge in [0, 0.05) is 31.6 Å². The number of nitrogens with one attached hydrogen (secondary N) is 1. The van der Waals surface area contributed by atoms with Gasteiger partial charge in [-0.3, -0.25) is 4.90 Å². The predicted octanol–water partition coefficient (Wildman–Crippen LogP) is 1.48. The molecular formula is C16H20N2O2. The van der Waals surface area contributed by atoms with Gasteiger partial charge < -0.3 is 15.5 Å². The molecule has 0 unspecified atom stereocenters. The first-order valence-electron chi connectivity index (χ1n) is 7.07. The molecule has 1 aliphatic heterocycles. The molecule has 2 aromatic rings. The fourth-order valence-corrected chi connectivity index (χ4v) is 3.00. The molecule has 1 atom stereocenters. The lowest BCUT2D eigenvalue weighted by molar-refractivity contribution is 0.111. The fraction of sp³-hybridized carbons (Fsp3) is 0.375. The second-order valence-electron chi connectivity index (χ2n) is 5.20. The molecule has 0 bridgehead atoms. The van der Waals surface area contributed by atoms with E-state index in [2.05, 4.69) is 10.2 Å². The summed E-state index contributed by atoms with van der Waals surface area (Å²) >= 11 is 0. The van der Waals surface area contributed by atoms with E-state index in [1.165, 1.54) is 0 Å². The van der Waals surface area contributed by atoms with Gasteiger partial charge in [0.1, 0.15) is 5.75 Å². The van der Waals surface area contributed by atoms with Crippen molar-refractivity contribution in [3.05, 3.63) is 42.0 Å². The average molecular weight is 272 g/mol. The van der Waals surface area contributed by atoms with Gasteiger partial charge in [-0.1, -0.05) is 30.3 Å². The SMILES string of the molecule is OC[C@H](c1ccc(O)c2ccccc12)N1CCNCC1. The lowest BCUT2D eigenvalue weighted by Gasteiger charge is -2.34. The molecule has 3 N–H and O–H groups in total. The highest BCUT2D eigenvalue weighted by Crippen LogP contribution is 2.33. The summed E-state index contributed by atoms with van der Waals surface area (Å²) in [6.07, 6.45) is 0. The fourth-order valence-electron chi connectivity index (χ4n) is 3.00. The Labute approximate surface area is 118 Å². The maximum atomic E-state index is 9.97. The number of fused-ring (bicyclic) bond motifs is 1. The van der Waals surface area contributed by atoms with E-state index >= 15 is 0 Å². The van der Waals surface area contributed by atoms with Gasteiger partial charge in [0.05, 0.1) is 12.6 Å². The van der Waals surface area contributed by atoms with Crippen LogP contribution in [0, 0.1) is 0 Å². The van der Waals surface area contributed by atoms with E-state index in [1.54, 1.807) is 6.07 Å². The summed E-state index contributed by atoms with van der Waals surface area (Å²) in [5, 5.41) is 25.0. The Hall–Kier alpha value is -1.62. The molecule has 0 aliphatic carbocycles. The number of aromatic hydroxyl groups is 1. The molecule has 2 aromatic carbocycles. The van der Waals surface area contributed by atoms with Crippen molar-refractivity contribution in [1.29, 1.82) is 0 Å². The van der Waals surface area contributed by atoms with Crippen LogP contribution in [0.25, 0.3) is 10.8 Å². The van der Waals surface area contributed by atoms with Crippen LogP contribution in [0.5, 0.6) is 5.75 Å². The van der Waals surface area contributed by atoms with Crippen molar-refractivity contribution in [3.8, 4) is 5.75 Å². The average Bonchev–Trinajstić information content (AvgIpc) is 2.52. The van der Waals surface area contributed by atoms with Crippen LogP contribution >= 0.6 is 0 Å². The van der Waals surface area contributed by atoms with Crippen LogP contribution in [-0.4, -0.2) is 47.9 Å². The number of phenols is 1. The largest absolute Gasteiger partial charge is 0.507 e. The van der Waals surface area contributed by atoms with Gasteiger partial charge >= 0.3 is 0 Å². The van der Waals surface area contributed by atoms with E-state index in [-0.39, 0.29) is 12.6 Å². The zero-order valence-electron chi connectivity index (χ0n) is 11.4. The van der Waals surface area contributed by atoms with E-state index in [4.69, 9.17) is 0 Å². The first kappa shape index (κ1) is 13.4. The van der Waals surface area contributed by atoms with Crippen LogP contribution in [-0.2, 0) is 0 Å². The number of phenolic OH excluding ortho intramolecular Hbond substituents is 1. The van der Waals surface area contributed by atoms with Gasteiger partial charge in [0.15, 0.2) is 0 Å². The van der Waals surface area contributed by atoms with Crippen LogP contribution in [0.4, 0.5) is 0 Å². The first-order valence-corrected chi connectivity index (χ1v) is 7.07. The third-order valence-corrected chi connectivity index (χ3v) is 4.06. The number of piperazine rings is 1. The summed E-state index contributed by atoms with van der Waals surface area (Å²) in [5.41, 5.74) is 1.09. The number of hydrogen-bond acceptors (Lipinski definition) is 4. The molecule has 1 heterocycles. The second-order valence-corrected chi connectivity index (χ2v) is 5.20. The third kappa shape index (κ3) is 2.38. The quantitative estimate of drug-likeness (QED) is 0.792. The Bertz CT molecular complexity index is 594. The predicted molar refractivity (Wildman–Crippen MR) is 79.9 cm³/mol. The standard InChI is InChI=1S/C16H20N2O2/c19-11-15(18-9-7-17-8-10-18)13-5-6-16(20)14-4-2-1-3-12(13)14/h1-6,15,17,19-20H,7-11H2/t15-/m1/s1. The van der Waals surface area contributed by atoms with E-state index in [9.17, 15) is 10.2 Å². The van der Waals surface area contributed by atoms with E-state index < -0.39 is 0 Å². The highest BCUT2D eigenvalue weighted by atomic mass is 16.3. The molecule has 1 fully saturated rings. The highest BCUT2D eigenvalue weighted by molar-refractivity contribution is 5.91. The Morgan fingerprint density at radius 3 is 2.45 bits per heavy atom. The number of benzene rings is 2. The van der Waals surface area contributed by atoms with Crippen LogP contribution in [0.2, 0.25) is 0 Å². The minimum Gasteiger partial charge on any atom is -0.507 e. The van der Waals surface area contributed by atoms with Gasteiger partial charge in [0.25, 0.3) is 0 Å². The molecule has 0 saturated carbocycles. The zero-order chi connectivity index (χ0) is 13.9. The smallest absolute Gasteiger partial charge is 0.123 e. The number of aliphatic hydroxyl groups is 1. The summed E-state index contributed by atoms with van der Waals surface area (Å²) in [5.74, 6) is 0.293. The van der Waals surface area contributed by atoms with Crippen molar-refractivity contribution in [3.63, 3.8) is 0 Å². The van der Waals surface area contributed by atoms with Crippen LogP contribution in [0.3, 0.4) is 0 Å². The third-order valence-electron chi connectivity index (χ3n) is 4.06. The molecule has 4 nitrogen and oxygen atoms in total. The van der Waals surface area contributed by atoms with Crippen molar-refractivity contribution in [2.45, 2.75) is 6.04 Å². The molecular weight excluding hydrogens is 252 g/mol. The summed E-state index contributed by atoms with van der Waals surface area (Å²) < 4.78 is 0. The minimum absolute atomic E-state index is 0.0115. The molecule has 0 radical (unpaired) electrons. The maximum Gasteiger partial charge on any atom is 0.123 e. The number of hydrogen-bond donors (Lipinski definition) is 3. The van der Waals surface area contributed by atoms with Gasteiger partial charge in [-0.05, 0) is 17.0 Å². The van der Waals surface area contributed by atoms with E-state index in [1.807, 2.05) is 30.3 Å². The summed E-state index contributed by atoms with van der Waals surface area (Å²) in [4.78, 5) is 2.30.